The Morgan fingerprint density at radius 3 is 2.78 bits per heavy atom. The molecule has 0 aromatic heterocycles. The van der Waals surface area contributed by atoms with E-state index in [2.05, 4.69) is 10.6 Å². The second kappa shape index (κ2) is 5.50. The molecule has 0 unspecified atom stereocenters. The molecule has 4 nitrogen and oxygen atoms in total. The van der Waals surface area contributed by atoms with E-state index in [-0.39, 0.29) is 0 Å². The van der Waals surface area contributed by atoms with Crippen molar-refractivity contribution in [3.63, 3.8) is 0 Å². The van der Waals surface area contributed by atoms with Crippen molar-refractivity contribution < 1.29 is 0 Å². The lowest BCUT2D eigenvalue weighted by atomic mass is 10.4. The average Bonchev–Trinajstić information content (AvgIpc) is 1.89. The number of rotatable bonds is 5. The molecular formula is C5H13N3O. The molecule has 54 valence electrons. The van der Waals surface area contributed by atoms with E-state index >= 15 is 0 Å². The number of hydrogen-bond donors (Lipinski definition) is 1. The number of hydrogen-bond acceptors (Lipinski definition) is 3. The van der Waals surface area contributed by atoms with Gasteiger partial charge in [-0.05, 0) is 20.0 Å². The lowest BCUT2D eigenvalue weighted by Gasteiger charge is -2.06. The van der Waals surface area contributed by atoms with Crippen molar-refractivity contribution in [1.82, 2.24) is 10.3 Å². The zero-order valence-corrected chi connectivity index (χ0v) is 5.92. The Balaban J connectivity index is 2.96. The van der Waals surface area contributed by atoms with E-state index in [0.29, 0.717) is 0 Å². The van der Waals surface area contributed by atoms with Crippen LogP contribution in [0.5, 0.6) is 0 Å². The Hall–Kier alpha value is -0.640. The standard InChI is InChI=1S/C5H13N3O/c1-6-4-3-5-8(2)7-9/h6H,3-5H2,1-2H3. The van der Waals surface area contributed by atoms with Gasteiger partial charge in [-0.15, -0.1) is 4.91 Å². The summed E-state index contributed by atoms with van der Waals surface area (Å²) in [5.74, 6) is 0. The van der Waals surface area contributed by atoms with Crippen molar-refractivity contribution in [2.75, 3.05) is 27.2 Å². The second-order valence-corrected chi connectivity index (χ2v) is 1.92. The molecule has 0 atom stereocenters. The van der Waals surface area contributed by atoms with Crippen LogP contribution < -0.4 is 5.32 Å². The predicted molar refractivity (Wildman–Crippen MR) is 37.0 cm³/mol. The SMILES string of the molecule is CNCCCN(C)N=O. The number of nitrogens with one attached hydrogen (secondary N) is 1. The van der Waals surface area contributed by atoms with E-state index in [0.717, 1.165) is 19.5 Å². The van der Waals surface area contributed by atoms with Gasteiger partial charge >= 0.3 is 0 Å². The van der Waals surface area contributed by atoms with E-state index in [4.69, 9.17) is 0 Å². The first-order valence-electron chi connectivity index (χ1n) is 3.00. The van der Waals surface area contributed by atoms with Crippen molar-refractivity contribution >= 4 is 0 Å². The minimum Gasteiger partial charge on any atom is -0.320 e. The summed E-state index contributed by atoms with van der Waals surface area (Å²) in [7, 11) is 3.55. The third-order valence-electron chi connectivity index (χ3n) is 1.05. The molecule has 0 aliphatic carbocycles. The van der Waals surface area contributed by atoms with E-state index in [1.165, 1.54) is 5.01 Å². The van der Waals surface area contributed by atoms with Gasteiger partial charge in [0.25, 0.3) is 0 Å². The molecule has 0 aromatic rings. The molecule has 0 saturated carbocycles. The third kappa shape index (κ3) is 5.23. The highest BCUT2D eigenvalue weighted by molar-refractivity contribution is 4.45. The molecular weight excluding hydrogens is 118 g/mol. The minimum atomic E-state index is 0.727. The van der Waals surface area contributed by atoms with Crippen LogP contribution in [0.2, 0.25) is 0 Å². The zero-order valence-electron chi connectivity index (χ0n) is 5.92. The highest BCUT2D eigenvalue weighted by Gasteiger charge is 1.90. The summed E-state index contributed by atoms with van der Waals surface area (Å²) < 4.78 is 0. The van der Waals surface area contributed by atoms with Crippen LogP contribution in [0, 0.1) is 4.91 Å². The van der Waals surface area contributed by atoms with Gasteiger partial charge in [-0.2, -0.15) is 0 Å². The second-order valence-electron chi connectivity index (χ2n) is 1.92. The Morgan fingerprint density at radius 1 is 1.67 bits per heavy atom. The Morgan fingerprint density at radius 2 is 2.33 bits per heavy atom. The maximum atomic E-state index is 9.75. The summed E-state index contributed by atoms with van der Waals surface area (Å²) >= 11 is 0. The van der Waals surface area contributed by atoms with Gasteiger partial charge < -0.3 is 5.32 Å². The van der Waals surface area contributed by atoms with Crippen molar-refractivity contribution in [2.24, 2.45) is 5.29 Å². The van der Waals surface area contributed by atoms with E-state index < -0.39 is 0 Å². The fourth-order valence-corrected chi connectivity index (χ4v) is 0.525. The molecule has 0 aromatic carbocycles. The quantitative estimate of drug-likeness (QED) is 0.329. The first-order valence-corrected chi connectivity index (χ1v) is 3.00. The molecule has 0 rings (SSSR count). The molecule has 0 amide bonds. The van der Waals surface area contributed by atoms with Gasteiger partial charge in [-0.3, -0.25) is 5.01 Å². The molecule has 4 heteroatoms. The van der Waals surface area contributed by atoms with Crippen molar-refractivity contribution in [3.8, 4) is 0 Å². The fourth-order valence-electron chi connectivity index (χ4n) is 0.525. The van der Waals surface area contributed by atoms with Gasteiger partial charge in [-0.25, -0.2) is 0 Å². The van der Waals surface area contributed by atoms with Crippen LogP contribution in [0.25, 0.3) is 0 Å². The number of nitroso groups, excluding NO2 is 1. The zero-order chi connectivity index (χ0) is 7.11. The topological polar surface area (TPSA) is 44.7 Å². The average molecular weight is 131 g/mol. The van der Waals surface area contributed by atoms with Gasteiger partial charge in [0.15, 0.2) is 0 Å². The molecule has 0 heterocycles. The summed E-state index contributed by atoms with van der Waals surface area (Å²) in [4.78, 5) is 9.75. The van der Waals surface area contributed by atoms with E-state index in [9.17, 15) is 4.91 Å². The lowest BCUT2D eigenvalue weighted by molar-refractivity contribution is 0.342. The lowest BCUT2D eigenvalue weighted by Crippen LogP contribution is -2.17. The van der Waals surface area contributed by atoms with Crippen LogP contribution in [0.1, 0.15) is 6.42 Å². The summed E-state index contributed by atoms with van der Waals surface area (Å²) in [6.45, 7) is 1.66. The maximum Gasteiger partial charge on any atom is 0.0521 e. The first-order chi connectivity index (χ1) is 4.31. The molecule has 0 spiro atoms. The molecule has 0 bridgehead atoms. The maximum absolute atomic E-state index is 9.75. The fraction of sp³-hybridized carbons (Fsp3) is 1.00. The summed E-state index contributed by atoms with van der Waals surface area (Å²) in [6.07, 6.45) is 0.957. The highest BCUT2D eigenvalue weighted by atomic mass is 16.3. The van der Waals surface area contributed by atoms with E-state index in [1.54, 1.807) is 7.05 Å². The Kier molecular flexibility index (Phi) is 5.11. The van der Waals surface area contributed by atoms with Crippen LogP contribution in [-0.4, -0.2) is 32.2 Å². The van der Waals surface area contributed by atoms with Gasteiger partial charge in [0.2, 0.25) is 0 Å². The molecule has 1 N–H and O–H groups in total. The van der Waals surface area contributed by atoms with Crippen molar-refractivity contribution in [1.29, 1.82) is 0 Å². The van der Waals surface area contributed by atoms with Crippen LogP contribution in [0.4, 0.5) is 0 Å². The van der Waals surface area contributed by atoms with Gasteiger partial charge in [0.1, 0.15) is 0 Å². The Bertz CT molecular complexity index is 76.6. The predicted octanol–water partition coefficient (Wildman–Crippen LogP) is 0.209. The van der Waals surface area contributed by atoms with Crippen LogP contribution in [-0.2, 0) is 0 Å². The Labute approximate surface area is 55.2 Å². The van der Waals surface area contributed by atoms with Crippen LogP contribution >= 0.6 is 0 Å². The molecule has 0 aliphatic rings. The molecule has 0 radical (unpaired) electrons. The highest BCUT2D eigenvalue weighted by Crippen LogP contribution is 1.84. The smallest absolute Gasteiger partial charge is 0.0521 e. The third-order valence-corrected chi connectivity index (χ3v) is 1.05. The van der Waals surface area contributed by atoms with Gasteiger partial charge in [0.05, 0.1) is 5.29 Å². The summed E-state index contributed by atoms with van der Waals surface area (Å²) in [5, 5.41) is 7.08. The molecule has 0 aliphatic heterocycles. The van der Waals surface area contributed by atoms with E-state index in [1.807, 2.05) is 7.05 Å². The van der Waals surface area contributed by atoms with Gasteiger partial charge in [0, 0.05) is 13.6 Å². The first kappa shape index (κ1) is 8.36. The molecule has 0 fully saturated rings. The minimum absolute atomic E-state index is 0.727. The largest absolute Gasteiger partial charge is 0.320 e. The van der Waals surface area contributed by atoms with Crippen molar-refractivity contribution in [2.45, 2.75) is 6.42 Å². The van der Waals surface area contributed by atoms with Crippen LogP contribution in [0.15, 0.2) is 5.29 Å². The van der Waals surface area contributed by atoms with Crippen molar-refractivity contribution in [3.05, 3.63) is 4.91 Å². The molecule has 0 saturated heterocycles. The normalized spacial score (nSPS) is 9.11. The number of nitrogens with zero attached hydrogens (tertiary/aromatic N) is 2. The summed E-state index contributed by atoms with van der Waals surface area (Å²) in [5.41, 5.74) is 0. The summed E-state index contributed by atoms with van der Waals surface area (Å²) in [6, 6.07) is 0. The van der Waals surface area contributed by atoms with Crippen LogP contribution in [0.3, 0.4) is 0 Å². The molecule has 9 heavy (non-hydrogen) atoms. The monoisotopic (exact) mass is 131 g/mol. The van der Waals surface area contributed by atoms with Gasteiger partial charge in [-0.1, -0.05) is 0 Å².